The lowest BCUT2D eigenvalue weighted by atomic mass is 9.96. The molecule has 36 heteroatoms. The highest BCUT2D eigenvalue weighted by Gasteiger charge is 2.36. The molecule has 0 unspecified atom stereocenters. The van der Waals surface area contributed by atoms with E-state index in [1.807, 2.05) is 0 Å². The minimum absolute atomic E-state index is 0.00532. The zero-order chi connectivity index (χ0) is 73.8. The number of amides is 14. The van der Waals surface area contributed by atoms with Crippen molar-refractivity contribution in [3.8, 4) is 0 Å². The number of hydrogen-bond acceptors (Lipinski definition) is 18. The van der Waals surface area contributed by atoms with Crippen LogP contribution in [0.3, 0.4) is 0 Å². The van der Waals surface area contributed by atoms with Crippen molar-refractivity contribution < 1.29 is 86.9 Å². The van der Waals surface area contributed by atoms with Gasteiger partial charge in [0, 0.05) is 32.2 Å². The van der Waals surface area contributed by atoms with Gasteiger partial charge in [-0.1, -0.05) is 78.3 Å². The maximum Gasteiger partial charge on any atom is 0.303 e. The minimum Gasteiger partial charge on any atom is -0.481 e. The molecule has 1 rings (SSSR count). The van der Waals surface area contributed by atoms with Crippen molar-refractivity contribution in [2.24, 2.45) is 51.4 Å². The molecule has 14 amide bonds. The molecule has 0 spiro atoms. The summed E-state index contributed by atoms with van der Waals surface area (Å²) in [4.78, 5) is 213. The summed E-state index contributed by atoms with van der Waals surface area (Å²) >= 11 is 0. The first kappa shape index (κ1) is 85.0. The molecule has 0 aliphatic carbocycles. The number of hydrogen-bond donors (Lipinski definition) is 19. The van der Waals surface area contributed by atoms with Gasteiger partial charge >= 0.3 is 11.9 Å². The van der Waals surface area contributed by atoms with E-state index < -0.39 is 199 Å². The summed E-state index contributed by atoms with van der Waals surface area (Å²) in [5, 5.41) is 48.0. The molecule has 0 saturated heterocycles. The Labute approximate surface area is 562 Å². The lowest BCUT2D eigenvalue weighted by Gasteiger charge is -2.28. The Bertz CT molecular complexity index is 2930. The lowest BCUT2D eigenvalue weighted by Crippen LogP contribution is -2.60. The van der Waals surface area contributed by atoms with E-state index in [-0.39, 0.29) is 75.7 Å². The maximum absolute atomic E-state index is 14.2. The average Bonchev–Trinajstić information content (AvgIpc) is 0.948. The Hall–Kier alpha value is -10.0. The Morgan fingerprint density at radius 2 is 0.866 bits per heavy atom. The number of guanidine groups is 1. The molecule has 0 aliphatic heterocycles. The second-order valence-corrected chi connectivity index (χ2v) is 24.3. The van der Waals surface area contributed by atoms with Crippen molar-refractivity contribution in [3.63, 3.8) is 0 Å². The first-order chi connectivity index (χ1) is 45.3. The van der Waals surface area contributed by atoms with Gasteiger partial charge in [-0.25, -0.2) is 0 Å². The molecule has 24 N–H and O–H groups in total. The van der Waals surface area contributed by atoms with Gasteiger partial charge in [0.25, 0.3) is 0 Å². The first-order valence-electron chi connectivity index (χ1n) is 31.8. The molecule has 0 fully saturated rings. The van der Waals surface area contributed by atoms with E-state index >= 15 is 0 Å². The van der Waals surface area contributed by atoms with Gasteiger partial charge in [0.15, 0.2) is 5.96 Å². The maximum atomic E-state index is 14.2. The van der Waals surface area contributed by atoms with E-state index in [0.717, 1.165) is 0 Å². The number of rotatable bonds is 46. The quantitative estimate of drug-likeness (QED) is 0.0164. The Kier molecular flexibility index (Phi) is 38.4. The Morgan fingerprint density at radius 1 is 0.443 bits per heavy atom. The summed E-state index contributed by atoms with van der Waals surface area (Å²) < 4.78 is 0. The molecule has 1 aromatic rings. The molecule has 542 valence electrons. The second-order valence-electron chi connectivity index (χ2n) is 24.3. The number of primary amides is 2. The molecule has 1 aromatic carbocycles. The average molecular weight is 1370 g/mol. The summed E-state index contributed by atoms with van der Waals surface area (Å²) in [5.41, 5.74) is 27.9. The van der Waals surface area contributed by atoms with E-state index in [9.17, 15) is 81.8 Å². The topological polar surface area (TPSA) is 600 Å². The molecule has 0 aromatic heterocycles. The van der Waals surface area contributed by atoms with Crippen LogP contribution in [0.1, 0.15) is 139 Å². The number of aliphatic carboxylic acids is 2. The Morgan fingerprint density at radius 3 is 1.38 bits per heavy atom. The monoisotopic (exact) mass is 1370 g/mol. The van der Waals surface area contributed by atoms with E-state index in [4.69, 9.17) is 33.8 Å². The van der Waals surface area contributed by atoms with E-state index in [1.165, 1.54) is 20.8 Å². The van der Waals surface area contributed by atoms with Crippen LogP contribution < -0.4 is 92.5 Å². The van der Waals surface area contributed by atoms with Crippen LogP contribution in [-0.4, -0.2) is 197 Å². The predicted molar refractivity (Wildman–Crippen MR) is 350 cm³/mol. The number of nitrogens with two attached hydrogens (primary N) is 5. The van der Waals surface area contributed by atoms with Crippen LogP contribution in [0.2, 0.25) is 0 Å². The van der Waals surface area contributed by atoms with Gasteiger partial charge in [-0.15, -0.1) is 0 Å². The summed E-state index contributed by atoms with van der Waals surface area (Å²) in [7, 11) is 0. The van der Waals surface area contributed by atoms with Crippen molar-refractivity contribution in [1.29, 1.82) is 0 Å². The van der Waals surface area contributed by atoms with Crippen LogP contribution in [0, 0.1) is 17.8 Å². The summed E-state index contributed by atoms with van der Waals surface area (Å²) in [6.07, 6.45) is -2.30. The van der Waals surface area contributed by atoms with Crippen LogP contribution in [0.5, 0.6) is 0 Å². The largest absolute Gasteiger partial charge is 0.481 e. The van der Waals surface area contributed by atoms with Gasteiger partial charge in [0.1, 0.15) is 60.4 Å². The van der Waals surface area contributed by atoms with Crippen molar-refractivity contribution in [1.82, 2.24) is 63.8 Å². The molecule has 97 heavy (non-hydrogen) atoms. The molecule has 36 nitrogen and oxygen atoms in total. The highest BCUT2D eigenvalue weighted by molar-refractivity contribution is 5.99. The zero-order valence-electron chi connectivity index (χ0n) is 56.3. The molecular weight excluding hydrogens is 1270 g/mol. The van der Waals surface area contributed by atoms with E-state index in [1.54, 1.807) is 71.9 Å². The first-order valence-corrected chi connectivity index (χ1v) is 31.8. The van der Waals surface area contributed by atoms with Crippen molar-refractivity contribution in [2.75, 3.05) is 19.6 Å². The number of nitrogens with zero attached hydrogens (tertiary/aromatic N) is 1. The van der Waals surface area contributed by atoms with E-state index in [2.05, 4.69) is 68.8 Å². The van der Waals surface area contributed by atoms with Crippen LogP contribution in [0.15, 0.2) is 35.3 Å². The minimum atomic E-state index is -1.60. The summed E-state index contributed by atoms with van der Waals surface area (Å²) in [6, 6.07) is -6.50. The third-order valence-electron chi connectivity index (χ3n) is 14.7. The third-order valence-corrected chi connectivity index (χ3v) is 14.7. The lowest BCUT2D eigenvalue weighted by molar-refractivity contribution is -0.139. The third kappa shape index (κ3) is 34.8. The van der Waals surface area contributed by atoms with Gasteiger partial charge in [-0.2, -0.15) is 0 Å². The number of nitrogens with one attached hydrogen (secondary N) is 12. The zero-order valence-corrected chi connectivity index (χ0v) is 56.3. The number of carboxylic acids is 2. The number of carbonyl (C=O) groups is 16. The van der Waals surface area contributed by atoms with Gasteiger partial charge in [-0.05, 0) is 89.0 Å². The fraction of sp³-hybridized carbons (Fsp3) is 0.623. The van der Waals surface area contributed by atoms with Crippen molar-refractivity contribution >= 4 is 101 Å². The molecular formula is C61H100N18O18. The van der Waals surface area contributed by atoms with Crippen molar-refractivity contribution in [2.45, 2.75) is 206 Å². The number of benzene rings is 1. The Balaban J connectivity index is 3.27. The molecule has 0 heterocycles. The molecule has 12 atom stereocenters. The normalized spacial score (nSPS) is 14.7. The van der Waals surface area contributed by atoms with Crippen LogP contribution >= 0.6 is 0 Å². The molecule has 0 saturated carbocycles. The van der Waals surface area contributed by atoms with Gasteiger partial charge in [0.05, 0.1) is 19.1 Å². The number of aliphatic imine (C=N–C) groups is 1. The molecule has 0 aliphatic rings. The second kappa shape index (κ2) is 43.9. The fourth-order valence-corrected chi connectivity index (χ4v) is 9.05. The van der Waals surface area contributed by atoms with E-state index in [0.29, 0.717) is 12.0 Å². The predicted octanol–water partition coefficient (Wildman–Crippen LogP) is -5.63. The van der Waals surface area contributed by atoms with Gasteiger partial charge < -0.3 is 103 Å². The molecule has 0 bridgehead atoms. The summed E-state index contributed by atoms with van der Waals surface area (Å²) in [5.74, 6) is -16.4. The van der Waals surface area contributed by atoms with Crippen LogP contribution in [-0.2, 0) is 83.1 Å². The highest BCUT2D eigenvalue weighted by Crippen LogP contribution is 2.14. The standard InChI is InChI=1S/C61H100N18O18/c1-10-32(6)49(60(97)78-43(27-36-15-12-11-13-16-36)59(96)74-39(19-21-44(63)80)56(93)71-33(7)50(64)87)79-52(89)34(8)70-45(81)28-68-54(91)38(17-14-24-67-61(65)66)73-46(82)29-69-55(92)41(25-30(2)3)77-57(94)40(20-23-48(85)86)75-58(95)42(26-31(4)5)76-51(88)35(9)72-53(90)37(62)18-22-47(83)84/h11-13,15-16,30-35,37-43,49H,10,14,17-29,62H2,1-9H3,(H2,63,80)(H2,64,87)(H,68,91)(H,69,92)(H,70,81)(H,71,93)(H,72,90)(H,73,82)(H,74,96)(H,75,95)(H,76,88)(H,77,94)(H,78,97)(H,79,89)(H,83,84)(H,85,86)(H4,65,66,67)/t32-,33-,34-,35-,37-,38-,39-,40-,41-,42-,43-,49-/m0/s1. The molecule has 0 radical (unpaired) electrons. The number of carboxylic acid groups (broad SMARTS) is 2. The number of carbonyl (C=O) groups excluding carboxylic acids is 14. The smallest absolute Gasteiger partial charge is 0.303 e. The van der Waals surface area contributed by atoms with Gasteiger partial charge in [0.2, 0.25) is 82.7 Å². The van der Waals surface area contributed by atoms with Crippen LogP contribution in [0.4, 0.5) is 0 Å². The van der Waals surface area contributed by atoms with Gasteiger partial charge in [-0.3, -0.25) is 81.7 Å². The van der Waals surface area contributed by atoms with Crippen LogP contribution in [0.25, 0.3) is 0 Å². The fourth-order valence-electron chi connectivity index (χ4n) is 9.05. The summed E-state index contributed by atoms with van der Waals surface area (Å²) in [6.45, 7) is 12.5. The highest BCUT2D eigenvalue weighted by atomic mass is 16.4. The van der Waals surface area contributed by atoms with Crippen molar-refractivity contribution in [3.05, 3.63) is 35.9 Å². The SMILES string of the molecule is CC[C@H](C)[C@H](NC(=O)[C@H](C)NC(=O)CNC(=O)[C@H](CCCN=C(N)N)NC(=O)CNC(=O)[C@H](CC(C)C)NC(=O)[C@H](CCC(=O)O)NC(=O)[C@H](CC(C)C)NC(=O)[C@H](C)NC(=O)[C@@H](N)CCC(=O)O)C(=O)N[C@@H](Cc1ccccc1)C(=O)N[C@@H](CCC(N)=O)C(=O)N[C@@H](C)C(N)=O.